The fourth-order valence-electron chi connectivity index (χ4n) is 4.39. The first-order valence-electron chi connectivity index (χ1n) is 7.63. The molecule has 2 bridgehead atoms. The molecule has 2 N–H and O–H groups in total. The summed E-state index contributed by atoms with van der Waals surface area (Å²) < 4.78 is 5.40. The Bertz CT molecular complexity index is 506. The van der Waals surface area contributed by atoms with Crippen LogP contribution in [-0.2, 0) is 0 Å². The highest BCUT2D eigenvalue weighted by Crippen LogP contribution is 2.66. The van der Waals surface area contributed by atoms with Crippen molar-refractivity contribution in [2.75, 3.05) is 24.3 Å². The van der Waals surface area contributed by atoms with E-state index in [0.29, 0.717) is 30.6 Å². The molecule has 3 saturated carbocycles. The highest BCUT2D eigenvalue weighted by Gasteiger charge is 2.65. The smallest absolute Gasteiger partial charge is 0.323 e. The van der Waals surface area contributed by atoms with Crippen molar-refractivity contribution in [2.45, 2.75) is 32.2 Å². The van der Waals surface area contributed by atoms with E-state index in [1.807, 2.05) is 6.92 Å². The topological polar surface area (TPSA) is 72.0 Å². The summed E-state index contributed by atoms with van der Waals surface area (Å²) in [6, 6.07) is 0.964. The Labute approximate surface area is 118 Å². The molecule has 108 valence electrons. The minimum absolute atomic E-state index is 0.392. The van der Waals surface area contributed by atoms with E-state index in [0.717, 1.165) is 23.7 Å². The van der Waals surface area contributed by atoms with Gasteiger partial charge in [0.15, 0.2) is 0 Å². The quantitative estimate of drug-likeness (QED) is 0.853. The third kappa shape index (κ3) is 1.81. The van der Waals surface area contributed by atoms with Gasteiger partial charge in [0, 0.05) is 13.1 Å². The average molecular weight is 275 g/mol. The summed E-state index contributed by atoms with van der Waals surface area (Å²) >= 11 is 0. The molecule has 1 aromatic rings. The normalized spacial score (nSPS) is 36.6. The number of ether oxygens (including phenoxy) is 1. The van der Waals surface area contributed by atoms with E-state index in [-0.39, 0.29) is 0 Å². The molecule has 0 aliphatic heterocycles. The predicted octanol–water partition coefficient (Wildman–Crippen LogP) is 1.77. The minimum atomic E-state index is 0.392. The fourth-order valence-corrected chi connectivity index (χ4v) is 4.39. The van der Waals surface area contributed by atoms with Crippen molar-refractivity contribution in [1.82, 2.24) is 15.0 Å². The Morgan fingerprint density at radius 2 is 1.80 bits per heavy atom. The molecule has 6 heteroatoms. The molecule has 6 nitrogen and oxygen atoms in total. The van der Waals surface area contributed by atoms with E-state index in [9.17, 15) is 0 Å². The molecule has 0 radical (unpaired) electrons. The number of aromatic nitrogens is 3. The number of nitrogens with zero attached hydrogens (tertiary/aromatic N) is 3. The van der Waals surface area contributed by atoms with E-state index < -0.39 is 0 Å². The van der Waals surface area contributed by atoms with Crippen LogP contribution in [0.25, 0.3) is 0 Å². The zero-order valence-corrected chi connectivity index (χ0v) is 12.0. The molecule has 4 unspecified atom stereocenters. The van der Waals surface area contributed by atoms with E-state index in [2.05, 4.69) is 25.6 Å². The predicted molar refractivity (Wildman–Crippen MR) is 75.8 cm³/mol. The zero-order chi connectivity index (χ0) is 13.7. The molecule has 1 heterocycles. The van der Waals surface area contributed by atoms with Gasteiger partial charge in [0.25, 0.3) is 0 Å². The largest absolute Gasteiger partial charge is 0.464 e. The first-order chi connectivity index (χ1) is 9.80. The summed E-state index contributed by atoms with van der Waals surface area (Å²) in [4.78, 5) is 12.9. The number of hydrogen-bond donors (Lipinski definition) is 2. The van der Waals surface area contributed by atoms with Crippen LogP contribution in [0.4, 0.5) is 11.9 Å². The van der Waals surface area contributed by atoms with Crippen molar-refractivity contribution in [3.63, 3.8) is 0 Å². The summed E-state index contributed by atoms with van der Waals surface area (Å²) in [6.45, 7) is 2.49. The van der Waals surface area contributed by atoms with Gasteiger partial charge in [-0.1, -0.05) is 0 Å². The molecule has 3 aliphatic carbocycles. The summed E-state index contributed by atoms with van der Waals surface area (Å²) in [7, 11) is 1.81. The summed E-state index contributed by atoms with van der Waals surface area (Å²) in [5.74, 6) is 4.81. The van der Waals surface area contributed by atoms with Crippen LogP contribution in [0.1, 0.15) is 26.2 Å². The van der Waals surface area contributed by atoms with E-state index in [1.54, 1.807) is 7.05 Å². The SMILES string of the molecule is CCOc1nc(NC)nc(NC2C3C4CCC(C4)C23)n1. The Kier molecular flexibility index (Phi) is 2.72. The lowest BCUT2D eigenvalue weighted by Crippen LogP contribution is -2.16. The van der Waals surface area contributed by atoms with Crippen molar-refractivity contribution < 1.29 is 4.74 Å². The van der Waals surface area contributed by atoms with Crippen LogP contribution in [-0.4, -0.2) is 34.6 Å². The molecule has 0 saturated heterocycles. The van der Waals surface area contributed by atoms with Crippen molar-refractivity contribution >= 4 is 11.9 Å². The van der Waals surface area contributed by atoms with Gasteiger partial charge in [-0.05, 0) is 49.9 Å². The third-order valence-electron chi connectivity index (χ3n) is 5.14. The molecule has 0 aromatic carbocycles. The molecular weight excluding hydrogens is 254 g/mol. The van der Waals surface area contributed by atoms with E-state index in [4.69, 9.17) is 4.74 Å². The van der Waals surface area contributed by atoms with Crippen LogP contribution in [0.2, 0.25) is 0 Å². The molecule has 1 aromatic heterocycles. The second-order valence-corrected chi connectivity index (χ2v) is 6.11. The van der Waals surface area contributed by atoms with Crippen molar-refractivity contribution in [1.29, 1.82) is 0 Å². The van der Waals surface area contributed by atoms with Gasteiger partial charge < -0.3 is 15.4 Å². The molecule has 3 fully saturated rings. The third-order valence-corrected chi connectivity index (χ3v) is 5.14. The van der Waals surface area contributed by atoms with Crippen LogP contribution in [0, 0.1) is 23.7 Å². The molecule has 4 rings (SSSR count). The number of anilines is 2. The van der Waals surface area contributed by atoms with Crippen LogP contribution in [0.3, 0.4) is 0 Å². The first kappa shape index (κ1) is 12.2. The molecule has 0 spiro atoms. The Morgan fingerprint density at radius 1 is 1.10 bits per heavy atom. The lowest BCUT2D eigenvalue weighted by Gasteiger charge is -2.12. The van der Waals surface area contributed by atoms with Gasteiger partial charge in [0.2, 0.25) is 11.9 Å². The summed E-state index contributed by atoms with van der Waals surface area (Å²) in [6.07, 6.45) is 4.30. The Balaban J connectivity index is 1.50. The Hall–Kier alpha value is -1.59. The molecular formula is C14H21N5O. The van der Waals surface area contributed by atoms with E-state index in [1.165, 1.54) is 19.3 Å². The lowest BCUT2D eigenvalue weighted by molar-refractivity contribution is 0.312. The number of nitrogens with one attached hydrogen (secondary N) is 2. The number of fused-ring (bicyclic) bond motifs is 5. The fraction of sp³-hybridized carbons (Fsp3) is 0.786. The van der Waals surface area contributed by atoms with Gasteiger partial charge in [0.1, 0.15) is 0 Å². The van der Waals surface area contributed by atoms with Crippen molar-refractivity contribution in [3.05, 3.63) is 0 Å². The lowest BCUT2D eigenvalue weighted by atomic mass is 10.0. The highest BCUT2D eigenvalue weighted by molar-refractivity contribution is 5.39. The number of rotatable bonds is 5. The van der Waals surface area contributed by atoms with Gasteiger partial charge in [0.05, 0.1) is 6.61 Å². The first-order valence-corrected chi connectivity index (χ1v) is 7.63. The molecule has 20 heavy (non-hydrogen) atoms. The van der Waals surface area contributed by atoms with E-state index >= 15 is 0 Å². The molecule has 0 amide bonds. The second-order valence-electron chi connectivity index (χ2n) is 6.11. The number of hydrogen-bond acceptors (Lipinski definition) is 6. The molecule has 4 atom stereocenters. The van der Waals surface area contributed by atoms with Gasteiger partial charge >= 0.3 is 6.01 Å². The van der Waals surface area contributed by atoms with Gasteiger partial charge in [-0.2, -0.15) is 15.0 Å². The maximum Gasteiger partial charge on any atom is 0.323 e. The minimum Gasteiger partial charge on any atom is -0.464 e. The van der Waals surface area contributed by atoms with Crippen molar-refractivity contribution in [2.24, 2.45) is 23.7 Å². The average Bonchev–Trinajstić information content (AvgIpc) is 2.85. The second kappa shape index (κ2) is 4.46. The highest BCUT2D eigenvalue weighted by atomic mass is 16.5. The monoisotopic (exact) mass is 275 g/mol. The van der Waals surface area contributed by atoms with Crippen molar-refractivity contribution in [3.8, 4) is 6.01 Å². The maximum absolute atomic E-state index is 5.40. The Morgan fingerprint density at radius 3 is 2.45 bits per heavy atom. The van der Waals surface area contributed by atoms with Crippen LogP contribution in [0.15, 0.2) is 0 Å². The standard InChI is InChI=1S/C14H21N5O/c1-3-20-14-18-12(15-2)17-13(19-14)16-11-9-7-4-5-8(6-7)10(9)11/h7-11H,3-6H2,1-2H3,(H2,15,16,17,18,19). The van der Waals surface area contributed by atoms with Crippen LogP contribution >= 0.6 is 0 Å². The van der Waals surface area contributed by atoms with Gasteiger partial charge in [-0.25, -0.2) is 0 Å². The van der Waals surface area contributed by atoms with Crippen LogP contribution in [0.5, 0.6) is 6.01 Å². The van der Waals surface area contributed by atoms with Gasteiger partial charge in [-0.15, -0.1) is 0 Å². The van der Waals surface area contributed by atoms with Gasteiger partial charge in [-0.3, -0.25) is 0 Å². The molecule has 3 aliphatic rings. The zero-order valence-electron chi connectivity index (χ0n) is 12.0. The summed E-state index contributed by atoms with van der Waals surface area (Å²) in [5, 5.41) is 6.47. The maximum atomic E-state index is 5.40. The van der Waals surface area contributed by atoms with Crippen LogP contribution < -0.4 is 15.4 Å². The summed E-state index contributed by atoms with van der Waals surface area (Å²) in [5.41, 5.74) is 0.